The summed E-state index contributed by atoms with van der Waals surface area (Å²) in [6.07, 6.45) is 1.03. The summed E-state index contributed by atoms with van der Waals surface area (Å²) in [5, 5.41) is 2.77. The van der Waals surface area contributed by atoms with Crippen LogP contribution in [0.15, 0.2) is 41.3 Å². The van der Waals surface area contributed by atoms with Crippen LogP contribution in [-0.4, -0.2) is 44.3 Å². The van der Waals surface area contributed by atoms with E-state index in [1.54, 1.807) is 0 Å². The van der Waals surface area contributed by atoms with E-state index in [2.05, 4.69) is 5.32 Å². The Labute approximate surface area is 191 Å². The molecule has 1 aliphatic rings. The van der Waals surface area contributed by atoms with E-state index < -0.39 is 51.0 Å². The Hall–Kier alpha value is -2.85. The molecule has 0 aliphatic carbocycles. The molecule has 10 heteroatoms. The van der Waals surface area contributed by atoms with Crippen LogP contribution in [0.1, 0.15) is 30.9 Å². The average Bonchev–Trinajstić information content (AvgIpc) is 2.80. The van der Waals surface area contributed by atoms with Crippen LogP contribution >= 0.6 is 0 Å². The molecule has 178 valence electrons. The van der Waals surface area contributed by atoms with Gasteiger partial charge in [-0.25, -0.2) is 17.2 Å². The molecule has 0 bridgehead atoms. The summed E-state index contributed by atoms with van der Waals surface area (Å²) in [4.78, 5) is 23.9. The Bertz CT molecular complexity index is 1150. The van der Waals surface area contributed by atoms with E-state index in [0.29, 0.717) is 11.8 Å². The fourth-order valence-electron chi connectivity index (χ4n) is 3.78. The summed E-state index contributed by atoms with van der Waals surface area (Å²) in [5.74, 6) is -3.55. The molecule has 33 heavy (non-hydrogen) atoms. The molecule has 0 saturated carbocycles. The second-order valence-electron chi connectivity index (χ2n) is 7.87. The molecule has 7 nitrogen and oxygen atoms in total. The topological polar surface area (TPSA) is 92.8 Å². The minimum Gasteiger partial charge on any atom is -0.455 e. The second-order valence-corrected chi connectivity index (χ2v) is 9.78. The summed E-state index contributed by atoms with van der Waals surface area (Å²) >= 11 is 0. The maximum Gasteiger partial charge on any atom is 0.309 e. The molecule has 1 N–H and O–H groups in total. The molecule has 0 spiro atoms. The van der Waals surface area contributed by atoms with Crippen molar-refractivity contribution in [2.24, 2.45) is 5.92 Å². The van der Waals surface area contributed by atoms with Crippen LogP contribution in [-0.2, 0) is 30.8 Å². The van der Waals surface area contributed by atoms with E-state index in [0.717, 1.165) is 34.0 Å². The van der Waals surface area contributed by atoms with Gasteiger partial charge in [-0.05, 0) is 55.5 Å². The molecule has 1 heterocycles. The zero-order valence-electron chi connectivity index (χ0n) is 18.4. The number of para-hydroxylation sites is 1. The first kappa shape index (κ1) is 24.8. The lowest BCUT2D eigenvalue weighted by molar-refractivity contribution is -0.152. The van der Waals surface area contributed by atoms with Crippen LogP contribution in [0.2, 0.25) is 0 Å². The van der Waals surface area contributed by atoms with Crippen molar-refractivity contribution in [2.75, 3.05) is 25.0 Å². The van der Waals surface area contributed by atoms with Gasteiger partial charge >= 0.3 is 5.97 Å². The van der Waals surface area contributed by atoms with Crippen molar-refractivity contribution in [3.05, 3.63) is 59.2 Å². The lowest BCUT2D eigenvalue weighted by Crippen LogP contribution is -2.41. The van der Waals surface area contributed by atoms with Crippen molar-refractivity contribution in [1.82, 2.24) is 4.31 Å². The van der Waals surface area contributed by atoms with Gasteiger partial charge in [-0.3, -0.25) is 9.59 Å². The van der Waals surface area contributed by atoms with Gasteiger partial charge in [0.1, 0.15) is 16.5 Å². The van der Waals surface area contributed by atoms with Crippen molar-refractivity contribution in [2.45, 2.75) is 38.0 Å². The third kappa shape index (κ3) is 5.75. The third-order valence-corrected chi connectivity index (χ3v) is 7.56. The first-order chi connectivity index (χ1) is 15.6. The molecule has 1 saturated heterocycles. The van der Waals surface area contributed by atoms with Gasteiger partial charge in [0.25, 0.3) is 5.91 Å². The number of nitrogens with one attached hydrogen (secondary N) is 1. The number of piperidine rings is 1. The number of halogens is 2. The molecular weight excluding hydrogens is 454 g/mol. The van der Waals surface area contributed by atoms with Gasteiger partial charge < -0.3 is 10.1 Å². The molecule has 0 unspecified atom stereocenters. The molecule has 0 radical (unpaired) electrons. The molecule has 0 atom stereocenters. The normalized spacial score (nSPS) is 15.3. The number of carbonyl (C=O) groups excluding carboxylic acids is 2. The van der Waals surface area contributed by atoms with Crippen molar-refractivity contribution >= 4 is 27.6 Å². The van der Waals surface area contributed by atoms with E-state index in [1.807, 2.05) is 32.0 Å². The van der Waals surface area contributed by atoms with E-state index >= 15 is 0 Å². The van der Waals surface area contributed by atoms with Gasteiger partial charge in [-0.15, -0.1) is 0 Å². The SMILES string of the molecule is CCc1cccc(C)c1NC(=O)COC(=O)C1CCN(S(=O)(=O)c2cc(F)ccc2F)CC1. The number of hydrogen-bond acceptors (Lipinski definition) is 5. The zero-order chi connectivity index (χ0) is 24.2. The van der Waals surface area contributed by atoms with Gasteiger partial charge in [0.05, 0.1) is 5.92 Å². The van der Waals surface area contributed by atoms with E-state index in [4.69, 9.17) is 4.74 Å². The lowest BCUT2D eigenvalue weighted by Gasteiger charge is -2.30. The number of carbonyl (C=O) groups is 2. The Morgan fingerprint density at radius 1 is 1.15 bits per heavy atom. The number of hydrogen-bond donors (Lipinski definition) is 1. The first-order valence-corrected chi connectivity index (χ1v) is 12.1. The Morgan fingerprint density at radius 2 is 1.85 bits per heavy atom. The Balaban J connectivity index is 1.54. The monoisotopic (exact) mass is 480 g/mol. The molecule has 0 aromatic heterocycles. The summed E-state index contributed by atoms with van der Waals surface area (Å²) in [5.41, 5.74) is 2.57. The van der Waals surface area contributed by atoms with E-state index in [9.17, 15) is 26.8 Å². The fourth-order valence-corrected chi connectivity index (χ4v) is 5.32. The van der Waals surface area contributed by atoms with Crippen LogP contribution in [0.4, 0.5) is 14.5 Å². The minimum absolute atomic E-state index is 0.0483. The molecule has 1 amide bonds. The van der Waals surface area contributed by atoms with Crippen LogP contribution in [0.5, 0.6) is 0 Å². The molecule has 1 aliphatic heterocycles. The molecule has 3 rings (SSSR count). The zero-order valence-corrected chi connectivity index (χ0v) is 19.3. The maximum atomic E-state index is 13.9. The van der Waals surface area contributed by atoms with Gasteiger partial charge in [0.15, 0.2) is 6.61 Å². The molecule has 2 aromatic carbocycles. The largest absolute Gasteiger partial charge is 0.455 e. The minimum atomic E-state index is -4.23. The smallest absolute Gasteiger partial charge is 0.309 e. The highest BCUT2D eigenvalue weighted by atomic mass is 32.2. The summed E-state index contributed by atoms with van der Waals surface area (Å²) in [6.45, 7) is 3.29. The van der Waals surface area contributed by atoms with Gasteiger partial charge in [0, 0.05) is 18.8 Å². The van der Waals surface area contributed by atoms with Crippen molar-refractivity contribution < 1.29 is 31.5 Å². The standard InChI is InChI=1S/C23H26F2N2O5S/c1-3-16-6-4-5-15(2)22(16)26-21(28)14-32-23(29)17-9-11-27(12-10-17)33(30,31)20-13-18(24)7-8-19(20)25/h4-8,13,17H,3,9-12,14H2,1-2H3,(H,26,28). The van der Waals surface area contributed by atoms with Crippen LogP contribution in [0.3, 0.4) is 0 Å². The van der Waals surface area contributed by atoms with Gasteiger partial charge in [0.2, 0.25) is 10.0 Å². The number of anilines is 1. The number of benzene rings is 2. The number of sulfonamides is 1. The predicted molar refractivity (Wildman–Crippen MR) is 118 cm³/mol. The number of aryl methyl sites for hydroxylation is 2. The maximum absolute atomic E-state index is 13.9. The van der Waals surface area contributed by atoms with Gasteiger partial charge in [-0.2, -0.15) is 4.31 Å². The van der Waals surface area contributed by atoms with Crippen molar-refractivity contribution in [3.8, 4) is 0 Å². The number of esters is 1. The highest BCUT2D eigenvalue weighted by Gasteiger charge is 2.34. The number of nitrogens with zero attached hydrogens (tertiary/aromatic N) is 1. The first-order valence-electron chi connectivity index (χ1n) is 10.6. The highest BCUT2D eigenvalue weighted by Crippen LogP contribution is 2.27. The van der Waals surface area contributed by atoms with E-state index in [-0.39, 0.29) is 25.9 Å². The van der Waals surface area contributed by atoms with E-state index in [1.165, 1.54) is 0 Å². The second kappa shape index (κ2) is 10.4. The quantitative estimate of drug-likeness (QED) is 0.613. The Morgan fingerprint density at radius 3 is 2.52 bits per heavy atom. The molecular formula is C23H26F2N2O5S. The fraction of sp³-hybridized carbons (Fsp3) is 0.391. The Kier molecular flexibility index (Phi) is 7.80. The predicted octanol–water partition coefficient (Wildman–Crippen LogP) is 3.42. The number of amides is 1. The van der Waals surface area contributed by atoms with Crippen molar-refractivity contribution in [3.63, 3.8) is 0 Å². The average molecular weight is 481 g/mol. The number of rotatable bonds is 7. The molecule has 1 fully saturated rings. The van der Waals surface area contributed by atoms with Crippen LogP contribution in [0, 0.1) is 24.5 Å². The van der Waals surface area contributed by atoms with Crippen molar-refractivity contribution in [1.29, 1.82) is 0 Å². The summed E-state index contributed by atoms with van der Waals surface area (Å²) < 4.78 is 58.8. The summed E-state index contributed by atoms with van der Waals surface area (Å²) in [6, 6.07) is 7.93. The summed E-state index contributed by atoms with van der Waals surface area (Å²) in [7, 11) is -4.23. The highest BCUT2D eigenvalue weighted by molar-refractivity contribution is 7.89. The molecule has 2 aromatic rings. The van der Waals surface area contributed by atoms with Crippen LogP contribution < -0.4 is 5.32 Å². The number of ether oxygens (including phenoxy) is 1. The lowest BCUT2D eigenvalue weighted by atomic mass is 9.98. The van der Waals surface area contributed by atoms with Crippen LogP contribution in [0.25, 0.3) is 0 Å². The third-order valence-electron chi connectivity index (χ3n) is 5.65. The van der Waals surface area contributed by atoms with Gasteiger partial charge in [-0.1, -0.05) is 25.1 Å².